The Labute approximate surface area is 213 Å². The highest BCUT2D eigenvalue weighted by atomic mass is 32.2. The Morgan fingerprint density at radius 1 is 1.00 bits per heavy atom. The van der Waals surface area contributed by atoms with Gasteiger partial charge in [-0.15, -0.1) is 0 Å². The number of rotatable bonds is 6. The summed E-state index contributed by atoms with van der Waals surface area (Å²) in [5.74, 6) is -0.0167. The van der Waals surface area contributed by atoms with Gasteiger partial charge in [0.25, 0.3) is 0 Å². The maximum absolute atomic E-state index is 14.7. The molecule has 190 valence electrons. The maximum Gasteiger partial charge on any atom is 0.175 e. The van der Waals surface area contributed by atoms with E-state index in [4.69, 9.17) is 0 Å². The van der Waals surface area contributed by atoms with E-state index in [0.29, 0.717) is 34.5 Å². The molecule has 0 amide bonds. The number of aliphatic hydroxyl groups is 1. The standard InChI is InChI=1S/C27H26FN5O3S/c1-16-19(9-10-24-21(16)13-31-33(24)15-27(2,3)34)26-20-11-25(29-12-22(20)23(28)14-30-26)32-17-5-7-18(8-6-17)37(4,35)36/h5-14,34H,15H2,1-4H3,(H,29,32). The number of nitrogens with zero attached hydrogens (tertiary/aromatic N) is 4. The van der Waals surface area contributed by atoms with E-state index >= 15 is 0 Å². The normalized spacial score (nSPS) is 12.4. The first kappa shape index (κ1) is 24.8. The summed E-state index contributed by atoms with van der Waals surface area (Å²) < 4.78 is 39.9. The average Bonchev–Trinajstić information content (AvgIpc) is 3.22. The zero-order valence-corrected chi connectivity index (χ0v) is 21.6. The first-order valence-corrected chi connectivity index (χ1v) is 13.5. The van der Waals surface area contributed by atoms with E-state index in [2.05, 4.69) is 20.4 Å². The fourth-order valence-electron chi connectivity index (χ4n) is 4.36. The van der Waals surface area contributed by atoms with E-state index in [1.54, 1.807) is 42.9 Å². The maximum atomic E-state index is 14.7. The molecule has 0 atom stereocenters. The van der Waals surface area contributed by atoms with Crippen molar-refractivity contribution >= 4 is 43.0 Å². The third-order valence-electron chi connectivity index (χ3n) is 6.17. The van der Waals surface area contributed by atoms with Gasteiger partial charge in [-0.05, 0) is 62.7 Å². The molecule has 0 fully saturated rings. The Morgan fingerprint density at radius 2 is 1.73 bits per heavy atom. The molecule has 0 aliphatic rings. The van der Waals surface area contributed by atoms with Crippen LogP contribution in [0.2, 0.25) is 0 Å². The highest BCUT2D eigenvalue weighted by molar-refractivity contribution is 7.90. The van der Waals surface area contributed by atoms with Crippen LogP contribution in [0.4, 0.5) is 15.9 Å². The van der Waals surface area contributed by atoms with Crippen molar-refractivity contribution in [2.45, 2.75) is 37.8 Å². The first-order valence-electron chi connectivity index (χ1n) is 11.6. The lowest BCUT2D eigenvalue weighted by atomic mass is 9.98. The van der Waals surface area contributed by atoms with Gasteiger partial charge in [-0.2, -0.15) is 5.10 Å². The van der Waals surface area contributed by atoms with E-state index < -0.39 is 21.3 Å². The number of nitrogens with one attached hydrogen (secondary N) is 1. The predicted molar refractivity (Wildman–Crippen MR) is 142 cm³/mol. The molecule has 5 rings (SSSR count). The lowest BCUT2D eigenvalue weighted by Gasteiger charge is -2.18. The molecule has 2 aromatic carbocycles. The second-order valence-electron chi connectivity index (χ2n) is 9.78. The van der Waals surface area contributed by atoms with Crippen LogP contribution >= 0.6 is 0 Å². The summed E-state index contributed by atoms with van der Waals surface area (Å²) in [6, 6.07) is 11.9. The summed E-state index contributed by atoms with van der Waals surface area (Å²) in [6.45, 7) is 5.78. The van der Waals surface area contributed by atoms with Crippen LogP contribution in [0.3, 0.4) is 0 Å². The van der Waals surface area contributed by atoms with Crippen LogP contribution in [0.25, 0.3) is 32.9 Å². The lowest BCUT2D eigenvalue weighted by molar-refractivity contribution is 0.0591. The van der Waals surface area contributed by atoms with Crippen LogP contribution in [0.1, 0.15) is 19.4 Å². The van der Waals surface area contributed by atoms with E-state index in [0.717, 1.165) is 28.3 Å². The molecule has 0 aliphatic carbocycles. The monoisotopic (exact) mass is 519 g/mol. The van der Waals surface area contributed by atoms with Crippen LogP contribution < -0.4 is 5.32 Å². The summed E-state index contributed by atoms with van der Waals surface area (Å²) in [4.78, 5) is 8.99. The number of pyridine rings is 2. The van der Waals surface area contributed by atoms with Gasteiger partial charge in [0.15, 0.2) is 15.7 Å². The van der Waals surface area contributed by atoms with Crippen LogP contribution in [0, 0.1) is 12.7 Å². The summed E-state index contributed by atoms with van der Waals surface area (Å²) in [6.07, 6.45) is 5.57. The Hall–Kier alpha value is -3.89. The molecule has 0 saturated heterocycles. The van der Waals surface area contributed by atoms with Crippen molar-refractivity contribution in [1.82, 2.24) is 19.7 Å². The largest absolute Gasteiger partial charge is 0.389 e. The average molecular weight is 520 g/mol. The molecule has 0 unspecified atom stereocenters. The van der Waals surface area contributed by atoms with Gasteiger partial charge < -0.3 is 10.4 Å². The second kappa shape index (κ2) is 8.89. The van der Waals surface area contributed by atoms with Crippen molar-refractivity contribution in [3.05, 3.63) is 72.4 Å². The molecule has 8 nitrogen and oxygen atoms in total. The Morgan fingerprint density at radius 3 is 2.41 bits per heavy atom. The molecule has 3 heterocycles. The minimum atomic E-state index is -3.30. The molecule has 10 heteroatoms. The highest BCUT2D eigenvalue weighted by Crippen LogP contribution is 2.35. The number of fused-ring (bicyclic) bond motifs is 2. The number of aryl methyl sites for hydroxylation is 1. The van der Waals surface area contributed by atoms with Crippen molar-refractivity contribution in [3.63, 3.8) is 0 Å². The van der Waals surface area contributed by atoms with Crippen molar-refractivity contribution in [1.29, 1.82) is 0 Å². The van der Waals surface area contributed by atoms with E-state index in [1.807, 2.05) is 19.1 Å². The van der Waals surface area contributed by atoms with E-state index in [1.165, 1.54) is 24.5 Å². The number of anilines is 2. The minimum absolute atomic E-state index is 0.217. The van der Waals surface area contributed by atoms with Crippen molar-refractivity contribution in [3.8, 4) is 11.3 Å². The number of hydrogen-bond acceptors (Lipinski definition) is 7. The fraction of sp³-hybridized carbons (Fsp3) is 0.222. The van der Waals surface area contributed by atoms with Crippen molar-refractivity contribution < 1.29 is 17.9 Å². The molecule has 37 heavy (non-hydrogen) atoms. The van der Waals surface area contributed by atoms with E-state index in [-0.39, 0.29) is 4.90 Å². The van der Waals surface area contributed by atoms with Gasteiger partial charge in [0.05, 0.1) is 40.6 Å². The van der Waals surface area contributed by atoms with Crippen LogP contribution in [0.15, 0.2) is 66.0 Å². The van der Waals surface area contributed by atoms with Gasteiger partial charge in [0.1, 0.15) is 5.82 Å². The summed E-state index contributed by atoms with van der Waals surface area (Å²) >= 11 is 0. The smallest absolute Gasteiger partial charge is 0.175 e. The van der Waals surface area contributed by atoms with Gasteiger partial charge >= 0.3 is 0 Å². The minimum Gasteiger partial charge on any atom is -0.389 e. The molecule has 0 bridgehead atoms. The number of aromatic nitrogens is 4. The quantitative estimate of drug-likeness (QED) is 0.324. The lowest BCUT2D eigenvalue weighted by Crippen LogP contribution is -2.26. The van der Waals surface area contributed by atoms with Gasteiger partial charge in [0, 0.05) is 39.9 Å². The molecule has 5 aromatic rings. The third kappa shape index (κ3) is 4.90. The highest BCUT2D eigenvalue weighted by Gasteiger charge is 2.19. The first-order chi connectivity index (χ1) is 17.4. The van der Waals surface area contributed by atoms with Crippen molar-refractivity contribution in [2.24, 2.45) is 0 Å². The predicted octanol–water partition coefficient (Wildman–Crippen LogP) is 5.01. The van der Waals surface area contributed by atoms with Gasteiger partial charge in [-0.25, -0.2) is 17.8 Å². The Bertz CT molecular complexity index is 1760. The topological polar surface area (TPSA) is 110 Å². The second-order valence-corrected chi connectivity index (χ2v) is 11.8. The summed E-state index contributed by atoms with van der Waals surface area (Å²) in [7, 11) is -3.30. The Kier molecular flexibility index (Phi) is 5.96. The molecule has 0 aliphatic heterocycles. The fourth-order valence-corrected chi connectivity index (χ4v) is 4.99. The zero-order chi connectivity index (χ0) is 26.5. The Balaban J connectivity index is 1.57. The third-order valence-corrected chi connectivity index (χ3v) is 7.29. The number of benzene rings is 2. The zero-order valence-electron chi connectivity index (χ0n) is 20.8. The molecular weight excluding hydrogens is 493 g/mol. The van der Waals surface area contributed by atoms with Gasteiger partial charge in [0.2, 0.25) is 0 Å². The summed E-state index contributed by atoms with van der Waals surface area (Å²) in [5.41, 5.74) is 2.97. The van der Waals surface area contributed by atoms with E-state index in [9.17, 15) is 17.9 Å². The van der Waals surface area contributed by atoms with Gasteiger partial charge in [-0.3, -0.25) is 9.67 Å². The molecule has 0 spiro atoms. The molecule has 3 aromatic heterocycles. The van der Waals surface area contributed by atoms with Crippen molar-refractivity contribution in [2.75, 3.05) is 11.6 Å². The molecular formula is C27H26FN5O3S. The molecule has 0 saturated carbocycles. The number of halogens is 1. The summed E-state index contributed by atoms with van der Waals surface area (Å²) in [5, 5.41) is 19.7. The van der Waals surface area contributed by atoms with Crippen LogP contribution in [0.5, 0.6) is 0 Å². The molecule has 0 radical (unpaired) electrons. The number of hydrogen-bond donors (Lipinski definition) is 2. The van der Waals surface area contributed by atoms with Crippen LogP contribution in [-0.2, 0) is 16.4 Å². The van der Waals surface area contributed by atoms with Gasteiger partial charge in [-0.1, -0.05) is 6.07 Å². The molecule has 2 N–H and O–H groups in total. The SMILES string of the molecule is Cc1c(-c2ncc(F)c3cnc(Nc4ccc(S(C)(=O)=O)cc4)cc23)ccc2c1cnn2CC(C)(C)O. The van der Waals surface area contributed by atoms with Crippen LogP contribution in [-0.4, -0.2) is 45.1 Å². The number of sulfone groups is 1.